The van der Waals surface area contributed by atoms with Crippen LogP contribution < -0.4 is 0 Å². The monoisotopic (exact) mass is 228 g/mol. The van der Waals surface area contributed by atoms with Crippen LogP contribution in [-0.2, 0) is 14.3 Å². The van der Waals surface area contributed by atoms with Crippen LogP contribution in [0, 0.1) is 0 Å². The summed E-state index contributed by atoms with van der Waals surface area (Å²) in [6, 6.07) is 0. The summed E-state index contributed by atoms with van der Waals surface area (Å²) in [4.78, 5) is 19.8. The van der Waals surface area contributed by atoms with Crippen LogP contribution in [0.4, 0.5) is 0 Å². The van der Waals surface area contributed by atoms with Gasteiger partial charge in [0.25, 0.3) is 0 Å². The van der Waals surface area contributed by atoms with Gasteiger partial charge in [-0.25, -0.2) is 9.59 Å². The second-order valence-corrected chi connectivity index (χ2v) is 4.57. The molecule has 76 valence electrons. The van der Waals surface area contributed by atoms with Crippen molar-refractivity contribution >= 4 is 60.9 Å². The molecule has 2 atom stereocenters. The van der Waals surface area contributed by atoms with Crippen molar-refractivity contribution in [2.75, 3.05) is 0 Å². The Morgan fingerprint density at radius 1 is 1.29 bits per heavy atom. The fourth-order valence-corrected chi connectivity index (χ4v) is 1.95. The summed E-state index contributed by atoms with van der Waals surface area (Å²) >= 11 is 1.11. The molecule has 0 amide bonds. The number of hydrogen-bond donors (Lipinski definition) is 2. The summed E-state index contributed by atoms with van der Waals surface area (Å²) in [6.07, 6.45) is 0.617. The Bertz CT molecular complexity index is 186. The van der Waals surface area contributed by atoms with E-state index in [-0.39, 0.29) is 0 Å². The second-order valence-electron chi connectivity index (χ2n) is 3.01. The number of hydrogen-bond acceptors (Lipinski definition) is 3. The Labute approximate surface area is 116 Å². The molecule has 1 rings (SSSR count). The van der Waals surface area contributed by atoms with Crippen molar-refractivity contribution in [1.29, 1.82) is 0 Å². The first kappa shape index (κ1) is 14.5. The molecule has 1 fully saturated rings. The third-order valence-electron chi connectivity index (χ3n) is 1.69. The molecule has 14 heavy (non-hydrogen) atoms. The zero-order valence-corrected chi connectivity index (χ0v) is 11.5. The third kappa shape index (κ3) is 6.10. The molecule has 0 radical (unpaired) electrons. The van der Waals surface area contributed by atoms with Crippen molar-refractivity contribution in [2.45, 2.75) is 32.5 Å². The van der Waals surface area contributed by atoms with Gasteiger partial charge in [-0.2, -0.15) is 0 Å². The van der Waals surface area contributed by atoms with E-state index in [1.54, 1.807) is 0 Å². The normalized spacial score (nSPS) is 23.4. The third-order valence-corrected chi connectivity index (χ3v) is 2.79. The number of carbonyl (C=O) groups is 2. The molecular formula is C8H13KO5. The maximum absolute atomic E-state index is 9.89. The number of ether oxygens (including phenoxy) is 1. The van der Waals surface area contributed by atoms with Gasteiger partial charge < -0.3 is 14.9 Å². The summed E-state index contributed by atoms with van der Waals surface area (Å²) in [7, 11) is 0. The van der Waals surface area contributed by atoms with Gasteiger partial charge in [0, 0.05) is 0 Å². The maximum Gasteiger partial charge on any atom is 0.336 e. The summed E-state index contributed by atoms with van der Waals surface area (Å²) in [5.74, 6) is -2.44. The molecule has 1 aliphatic heterocycles. The van der Waals surface area contributed by atoms with Gasteiger partial charge >= 0.3 is 81.2 Å². The van der Waals surface area contributed by atoms with Crippen molar-refractivity contribution in [1.82, 2.24) is 0 Å². The van der Waals surface area contributed by atoms with E-state index in [1.807, 2.05) is 0 Å². The van der Waals surface area contributed by atoms with E-state index >= 15 is 0 Å². The predicted molar refractivity (Wildman–Crippen MR) is 49.4 cm³/mol. The predicted octanol–water partition coefficient (Wildman–Crippen LogP) is 0.296. The smallest absolute Gasteiger partial charge is 0.336 e. The molecule has 1 heterocycles. The molecule has 0 aromatic rings. The molecule has 2 unspecified atom stereocenters. The molecule has 0 aliphatic carbocycles. The fourth-order valence-electron chi connectivity index (χ4n) is 0.842. The zero-order chi connectivity index (χ0) is 11.1. The molecule has 0 spiro atoms. The van der Waals surface area contributed by atoms with Gasteiger partial charge in [-0.15, -0.1) is 0 Å². The van der Waals surface area contributed by atoms with Crippen molar-refractivity contribution in [3.05, 3.63) is 0 Å². The SMILES string of the molecule is CCC[CH2][K].O=C(O)C1OC1C(=O)O. The van der Waals surface area contributed by atoms with Gasteiger partial charge in [-0.1, -0.05) is 0 Å². The van der Waals surface area contributed by atoms with Gasteiger partial charge in [-0.05, 0) is 0 Å². The molecule has 0 saturated carbocycles. The van der Waals surface area contributed by atoms with Crippen LogP contribution in [0.2, 0.25) is 0.515 Å². The molecule has 2 N–H and O–H groups in total. The number of rotatable bonds is 4. The Morgan fingerprint density at radius 2 is 1.71 bits per heavy atom. The zero-order valence-electron chi connectivity index (χ0n) is 8.40. The van der Waals surface area contributed by atoms with E-state index in [1.165, 1.54) is 13.4 Å². The Kier molecular flexibility index (Phi) is 8.08. The van der Waals surface area contributed by atoms with Gasteiger partial charge in [0.05, 0.1) is 0 Å². The largest absolute Gasteiger partial charge is 0.479 e. The van der Waals surface area contributed by atoms with E-state index < -0.39 is 24.1 Å². The average molecular weight is 228 g/mol. The van der Waals surface area contributed by atoms with Gasteiger partial charge in [0.15, 0.2) is 12.2 Å². The molecule has 1 aliphatic rings. The van der Waals surface area contributed by atoms with E-state index in [0.29, 0.717) is 0 Å². The minimum absolute atomic E-state index is 1.11. The first-order valence-corrected chi connectivity index (χ1v) is 6.86. The minimum Gasteiger partial charge on any atom is -0.479 e. The van der Waals surface area contributed by atoms with Crippen LogP contribution in [0.15, 0.2) is 0 Å². The molecule has 6 heteroatoms. The number of carboxylic acids is 2. The number of unbranched alkanes of at least 4 members (excludes halogenated alkanes) is 1. The maximum atomic E-state index is 9.89. The molecule has 5 nitrogen and oxygen atoms in total. The fraction of sp³-hybridized carbons (Fsp3) is 0.750. The van der Waals surface area contributed by atoms with Crippen molar-refractivity contribution in [3.8, 4) is 0 Å². The summed E-state index contributed by atoms with van der Waals surface area (Å²) in [6.45, 7) is 2.24. The molecule has 0 aromatic carbocycles. The standard InChI is InChI=1S/C4H4O5.C4H9.K/c5-3(6)1-2(9-1)4(7)8;1-3-4-2;/h1-2H,(H,5,6)(H,7,8);1,3-4H2,2H3;. The van der Waals surface area contributed by atoms with Crippen molar-refractivity contribution in [3.63, 3.8) is 0 Å². The van der Waals surface area contributed by atoms with Crippen LogP contribution in [-0.4, -0.2) is 83.3 Å². The van der Waals surface area contributed by atoms with Gasteiger partial charge in [0.1, 0.15) is 0 Å². The first-order chi connectivity index (χ1) is 6.54. The second kappa shape index (κ2) is 7.78. The Morgan fingerprint density at radius 3 is 1.79 bits per heavy atom. The average Bonchev–Trinajstić information content (AvgIpc) is 2.85. The van der Waals surface area contributed by atoms with Crippen LogP contribution in [0.5, 0.6) is 0 Å². The van der Waals surface area contributed by atoms with Crippen LogP contribution >= 0.6 is 0 Å². The minimum atomic E-state index is -1.22. The van der Waals surface area contributed by atoms with Crippen molar-refractivity contribution in [2.24, 2.45) is 0 Å². The number of aliphatic carboxylic acids is 2. The van der Waals surface area contributed by atoms with Crippen LogP contribution in [0.3, 0.4) is 0 Å². The molecule has 0 aromatic heterocycles. The van der Waals surface area contributed by atoms with E-state index in [2.05, 4.69) is 11.7 Å². The van der Waals surface area contributed by atoms with Crippen LogP contribution in [0.25, 0.3) is 0 Å². The Hall–Kier alpha value is 0.536. The molecule has 1 saturated heterocycles. The molecular weight excluding hydrogens is 215 g/mol. The molecule has 0 bridgehead atoms. The summed E-state index contributed by atoms with van der Waals surface area (Å²) in [5.41, 5.74) is 0. The number of epoxide rings is 1. The van der Waals surface area contributed by atoms with E-state index in [9.17, 15) is 9.59 Å². The quantitative estimate of drug-likeness (QED) is 0.533. The van der Waals surface area contributed by atoms with Gasteiger partial charge in [0.2, 0.25) is 0 Å². The van der Waals surface area contributed by atoms with Crippen LogP contribution in [0.1, 0.15) is 19.8 Å². The van der Waals surface area contributed by atoms with E-state index in [0.717, 1.165) is 49.0 Å². The van der Waals surface area contributed by atoms with E-state index in [4.69, 9.17) is 10.2 Å². The topological polar surface area (TPSA) is 87.1 Å². The first-order valence-electron chi connectivity index (χ1n) is 4.65. The summed E-state index contributed by atoms with van der Waals surface area (Å²) in [5, 5.41) is 16.2. The number of carboxylic acid groups (broad SMARTS) is 2. The van der Waals surface area contributed by atoms with Gasteiger partial charge in [-0.3, -0.25) is 0 Å². The Balaban J connectivity index is 0.000000292. The van der Waals surface area contributed by atoms with Crippen molar-refractivity contribution < 1.29 is 24.5 Å². The summed E-state index contributed by atoms with van der Waals surface area (Å²) < 4.78 is 5.77.